The third kappa shape index (κ3) is 6.04. The van der Waals surface area contributed by atoms with Crippen LogP contribution in [-0.2, 0) is 4.79 Å². The molecule has 1 aliphatic carbocycles. The predicted molar refractivity (Wildman–Crippen MR) is 133 cm³/mol. The van der Waals surface area contributed by atoms with Gasteiger partial charge in [-0.2, -0.15) is 0 Å². The Bertz CT molecular complexity index is 1130. The lowest BCUT2D eigenvalue weighted by Crippen LogP contribution is -2.47. The Kier molecular flexibility index (Phi) is 8.08. The van der Waals surface area contributed by atoms with E-state index in [1.165, 1.54) is 29.3 Å². The minimum atomic E-state index is -1.02. The number of anilines is 1. The summed E-state index contributed by atoms with van der Waals surface area (Å²) in [5.74, 6) is -0.640. The molecule has 0 saturated heterocycles. The second-order valence-electron chi connectivity index (χ2n) is 8.62. The average molecular weight is 476 g/mol. The minimum absolute atomic E-state index is 0.0424. The smallest absolute Gasteiger partial charge is 0.277 e. The van der Waals surface area contributed by atoms with E-state index in [1.807, 2.05) is 6.92 Å². The Morgan fingerprint density at radius 2 is 1.83 bits per heavy atom. The highest BCUT2D eigenvalue weighted by atomic mass is 19.1. The van der Waals surface area contributed by atoms with Crippen molar-refractivity contribution >= 4 is 17.5 Å². The number of nitrogens with one attached hydrogen (secondary N) is 1. The average Bonchev–Trinajstić information content (AvgIpc) is 2.89. The van der Waals surface area contributed by atoms with Gasteiger partial charge in [-0.3, -0.25) is 19.5 Å². The number of pyridine rings is 1. The monoisotopic (exact) mass is 475 g/mol. The zero-order chi connectivity index (χ0) is 24.6. The van der Waals surface area contributed by atoms with Gasteiger partial charge in [0.05, 0.1) is 6.61 Å². The van der Waals surface area contributed by atoms with Crippen LogP contribution < -0.4 is 15.0 Å². The third-order valence-corrected chi connectivity index (χ3v) is 6.15. The van der Waals surface area contributed by atoms with Gasteiger partial charge in [-0.25, -0.2) is 4.39 Å². The van der Waals surface area contributed by atoms with Gasteiger partial charge in [0.2, 0.25) is 5.91 Å². The highest BCUT2D eigenvalue weighted by Gasteiger charge is 2.35. The molecule has 2 aromatic carbocycles. The third-order valence-electron chi connectivity index (χ3n) is 6.15. The highest BCUT2D eigenvalue weighted by molar-refractivity contribution is 6.09. The Morgan fingerprint density at radius 3 is 2.49 bits per heavy atom. The summed E-state index contributed by atoms with van der Waals surface area (Å²) in [6.07, 6.45) is 6.58. The molecule has 0 bridgehead atoms. The SMILES string of the molecule is CCOc1ccc([C@@H](C(=O)NC2CCCCC2)N(C(=O)c2ccccn2)c2cccc(F)c2)cc1. The Labute approximate surface area is 205 Å². The fraction of sp³-hybridized carbons (Fsp3) is 0.321. The highest BCUT2D eigenvalue weighted by Crippen LogP contribution is 2.31. The summed E-state index contributed by atoms with van der Waals surface area (Å²) in [4.78, 5) is 33.1. The number of nitrogens with zero attached hydrogens (tertiary/aromatic N) is 2. The van der Waals surface area contributed by atoms with Gasteiger partial charge in [0.25, 0.3) is 5.91 Å². The van der Waals surface area contributed by atoms with E-state index in [9.17, 15) is 14.0 Å². The van der Waals surface area contributed by atoms with Crippen molar-refractivity contribution < 1.29 is 18.7 Å². The molecule has 1 aliphatic rings. The summed E-state index contributed by atoms with van der Waals surface area (Å²) < 4.78 is 19.9. The molecule has 7 heteroatoms. The molecule has 1 fully saturated rings. The van der Waals surface area contributed by atoms with E-state index >= 15 is 0 Å². The van der Waals surface area contributed by atoms with Crippen molar-refractivity contribution in [2.45, 2.75) is 51.1 Å². The first kappa shape index (κ1) is 24.4. The number of halogens is 1. The zero-order valence-corrected chi connectivity index (χ0v) is 19.8. The van der Waals surface area contributed by atoms with Gasteiger partial charge in [0.1, 0.15) is 23.3 Å². The predicted octanol–water partition coefficient (Wildman–Crippen LogP) is 5.46. The number of carbonyl (C=O) groups excluding carboxylic acids is 2. The van der Waals surface area contributed by atoms with Crippen LogP contribution in [-0.4, -0.2) is 29.4 Å². The molecule has 1 heterocycles. The van der Waals surface area contributed by atoms with Crippen LogP contribution >= 0.6 is 0 Å². The molecule has 0 aliphatic heterocycles. The van der Waals surface area contributed by atoms with E-state index in [-0.39, 0.29) is 23.3 Å². The Morgan fingerprint density at radius 1 is 1.06 bits per heavy atom. The summed E-state index contributed by atoms with van der Waals surface area (Å²) >= 11 is 0. The summed E-state index contributed by atoms with van der Waals surface area (Å²) in [6.45, 7) is 2.41. The van der Waals surface area contributed by atoms with Crippen molar-refractivity contribution in [3.8, 4) is 5.75 Å². The maximum Gasteiger partial charge on any atom is 0.277 e. The van der Waals surface area contributed by atoms with Crippen LogP contribution in [0.2, 0.25) is 0 Å². The number of hydrogen-bond donors (Lipinski definition) is 1. The van der Waals surface area contributed by atoms with Crippen LogP contribution in [0.5, 0.6) is 5.75 Å². The van der Waals surface area contributed by atoms with E-state index in [1.54, 1.807) is 48.5 Å². The van der Waals surface area contributed by atoms with Crippen molar-refractivity contribution in [2.24, 2.45) is 0 Å². The normalized spacial score (nSPS) is 14.7. The first-order chi connectivity index (χ1) is 17.1. The van der Waals surface area contributed by atoms with Crippen LogP contribution in [0.3, 0.4) is 0 Å². The van der Waals surface area contributed by atoms with Crippen LogP contribution in [0.15, 0.2) is 72.9 Å². The van der Waals surface area contributed by atoms with Crippen molar-refractivity contribution in [3.05, 3.63) is 90.0 Å². The van der Waals surface area contributed by atoms with E-state index in [0.717, 1.165) is 32.1 Å². The summed E-state index contributed by atoms with van der Waals surface area (Å²) in [6, 6.07) is 16.8. The van der Waals surface area contributed by atoms with Crippen LogP contribution in [0.4, 0.5) is 10.1 Å². The van der Waals surface area contributed by atoms with Gasteiger partial charge in [-0.05, 0) is 67.8 Å². The standard InChI is InChI=1S/C28H30FN3O3/c1-2-35-24-16-14-20(15-17-24)26(27(33)31-22-10-4-3-5-11-22)32(23-12-8-9-21(29)19-23)28(34)25-13-6-7-18-30-25/h6-9,12-19,22,26H,2-5,10-11H2,1H3,(H,31,33)/t26-/m0/s1. The summed E-state index contributed by atoms with van der Waals surface area (Å²) in [5.41, 5.74) is 1.03. The topological polar surface area (TPSA) is 71.5 Å². The summed E-state index contributed by atoms with van der Waals surface area (Å²) in [5, 5.41) is 3.15. The second-order valence-corrected chi connectivity index (χ2v) is 8.62. The number of aromatic nitrogens is 1. The van der Waals surface area contributed by atoms with Gasteiger partial charge >= 0.3 is 0 Å². The number of carbonyl (C=O) groups is 2. The first-order valence-corrected chi connectivity index (χ1v) is 12.1. The molecule has 1 aromatic heterocycles. The minimum Gasteiger partial charge on any atom is -0.494 e. The van der Waals surface area contributed by atoms with E-state index in [2.05, 4.69) is 10.3 Å². The molecule has 1 N–H and O–H groups in total. The van der Waals surface area contributed by atoms with E-state index in [0.29, 0.717) is 17.9 Å². The Hall–Kier alpha value is -3.74. The fourth-order valence-electron chi connectivity index (χ4n) is 4.48. The number of rotatable bonds is 8. The van der Waals surface area contributed by atoms with Crippen molar-refractivity contribution in [1.29, 1.82) is 0 Å². The number of benzene rings is 2. The molecule has 35 heavy (non-hydrogen) atoms. The lowest BCUT2D eigenvalue weighted by Gasteiger charge is -2.33. The number of amides is 2. The molecular formula is C28H30FN3O3. The molecule has 6 nitrogen and oxygen atoms in total. The lowest BCUT2D eigenvalue weighted by molar-refractivity contribution is -0.123. The molecule has 0 unspecified atom stereocenters. The molecule has 4 rings (SSSR count). The van der Waals surface area contributed by atoms with E-state index in [4.69, 9.17) is 4.74 Å². The zero-order valence-electron chi connectivity index (χ0n) is 19.8. The number of ether oxygens (including phenoxy) is 1. The molecule has 0 spiro atoms. The van der Waals surface area contributed by atoms with Crippen LogP contribution in [0.25, 0.3) is 0 Å². The van der Waals surface area contributed by atoms with Gasteiger partial charge < -0.3 is 10.1 Å². The first-order valence-electron chi connectivity index (χ1n) is 12.1. The summed E-state index contributed by atoms with van der Waals surface area (Å²) in [7, 11) is 0. The van der Waals surface area contributed by atoms with Crippen molar-refractivity contribution in [2.75, 3.05) is 11.5 Å². The van der Waals surface area contributed by atoms with Crippen LogP contribution in [0.1, 0.15) is 61.1 Å². The molecule has 3 aromatic rings. The molecule has 2 amide bonds. The molecule has 1 atom stereocenters. The van der Waals surface area contributed by atoms with Crippen LogP contribution in [0, 0.1) is 5.82 Å². The van der Waals surface area contributed by atoms with Crippen molar-refractivity contribution in [1.82, 2.24) is 10.3 Å². The second kappa shape index (κ2) is 11.6. The Balaban J connectivity index is 1.79. The van der Waals surface area contributed by atoms with Gasteiger partial charge in [-0.15, -0.1) is 0 Å². The molecule has 182 valence electrons. The molecule has 1 saturated carbocycles. The molecular weight excluding hydrogens is 445 g/mol. The van der Waals surface area contributed by atoms with Crippen molar-refractivity contribution in [3.63, 3.8) is 0 Å². The quantitative estimate of drug-likeness (QED) is 0.470. The lowest BCUT2D eigenvalue weighted by atomic mass is 9.94. The molecule has 0 radical (unpaired) electrons. The van der Waals surface area contributed by atoms with Gasteiger partial charge in [0.15, 0.2) is 0 Å². The largest absolute Gasteiger partial charge is 0.494 e. The number of hydrogen-bond acceptors (Lipinski definition) is 4. The fourth-order valence-corrected chi connectivity index (χ4v) is 4.48. The maximum absolute atomic E-state index is 14.3. The van der Waals surface area contributed by atoms with Gasteiger partial charge in [0, 0.05) is 17.9 Å². The van der Waals surface area contributed by atoms with E-state index < -0.39 is 17.8 Å². The maximum atomic E-state index is 14.3. The van der Waals surface area contributed by atoms with Gasteiger partial charge in [-0.1, -0.05) is 43.5 Å².